The first kappa shape index (κ1) is 21.9. The average molecular weight is 433 g/mol. The van der Waals surface area contributed by atoms with Crippen LogP contribution in [0.15, 0.2) is 65.2 Å². The number of ether oxygens (including phenoxy) is 1. The number of nitrogens with zero attached hydrogens (tertiary/aromatic N) is 2. The van der Waals surface area contributed by atoms with E-state index >= 15 is 0 Å². The molecule has 3 aromatic rings. The van der Waals surface area contributed by atoms with Crippen LogP contribution in [0, 0.1) is 0 Å². The number of amides is 2. The van der Waals surface area contributed by atoms with Crippen molar-refractivity contribution < 1.29 is 32.0 Å². The van der Waals surface area contributed by atoms with Gasteiger partial charge in [0.05, 0.1) is 6.54 Å². The zero-order valence-electron chi connectivity index (χ0n) is 16.3. The summed E-state index contributed by atoms with van der Waals surface area (Å²) in [5.74, 6) is -1.12. The molecule has 31 heavy (non-hydrogen) atoms. The molecule has 10 heteroatoms. The normalized spacial score (nSPS) is 11.1. The van der Waals surface area contributed by atoms with Crippen LogP contribution in [0.1, 0.15) is 16.1 Å². The third kappa shape index (κ3) is 6.08. The van der Waals surface area contributed by atoms with Gasteiger partial charge in [0, 0.05) is 30.8 Å². The molecule has 0 spiro atoms. The molecule has 0 saturated carbocycles. The van der Waals surface area contributed by atoms with E-state index in [1.165, 1.54) is 36.2 Å². The van der Waals surface area contributed by atoms with E-state index in [9.17, 15) is 22.8 Å². The van der Waals surface area contributed by atoms with Gasteiger partial charge in [0.1, 0.15) is 5.75 Å². The van der Waals surface area contributed by atoms with Crippen LogP contribution in [0.25, 0.3) is 11.3 Å². The van der Waals surface area contributed by atoms with Gasteiger partial charge in [-0.2, -0.15) is 0 Å². The van der Waals surface area contributed by atoms with Gasteiger partial charge in [-0.3, -0.25) is 9.59 Å². The Morgan fingerprint density at radius 2 is 1.77 bits per heavy atom. The first-order chi connectivity index (χ1) is 14.7. The minimum atomic E-state index is -4.84. The number of carbonyl (C=O) groups excluding carboxylic acids is 2. The van der Waals surface area contributed by atoms with E-state index in [0.29, 0.717) is 5.76 Å². The van der Waals surface area contributed by atoms with Gasteiger partial charge in [0.2, 0.25) is 5.91 Å². The molecule has 0 aliphatic carbocycles. The van der Waals surface area contributed by atoms with E-state index in [1.807, 2.05) is 18.2 Å². The van der Waals surface area contributed by atoms with E-state index < -0.39 is 23.9 Å². The maximum Gasteiger partial charge on any atom is 0.573 e. The number of nitrogens with one attached hydrogen (secondary N) is 1. The van der Waals surface area contributed by atoms with Crippen LogP contribution in [0.5, 0.6) is 5.75 Å². The Labute approximate surface area is 175 Å². The number of likely N-dealkylation sites (N-methyl/N-ethyl adjacent to an activating group) is 1. The molecule has 7 nitrogen and oxygen atoms in total. The van der Waals surface area contributed by atoms with Gasteiger partial charge >= 0.3 is 6.36 Å². The smallest absolute Gasteiger partial charge is 0.405 e. The number of halogens is 3. The molecule has 162 valence electrons. The van der Waals surface area contributed by atoms with E-state index in [2.05, 4.69) is 15.2 Å². The fourth-order valence-corrected chi connectivity index (χ4v) is 2.70. The standard InChI is InChI=1S/C21H18F3N3O4/c1-27(13-15-9-5-6-10-17(15)30-21(22,23)24)19(28)12-25-20(29)16-11-18(31-26-16)14-7-3-2-4-8-14/h2-11H,12-13H2,1H3,(H,25,29). The van der Waals surface area contributed by atoms with Crippen molar-refractivity contribution in [2.75, 3.05) is 13.6 Å². The van der Waals surface area contributed by atoms with Gasteiger partial charge in [-0.1, -0.05) is 53.7 Å². The average Bonchev–Trinajstić information content (AvgIpc) is 3.23. The van der Waals surface area contributed by atoms with E-state index in [1.54, 1.807) is 12.1 Å². The van der Waals surface area contributed by atoms with Gasteiger partial charge in [-0.05, 0) is 6.07 Å². The second kappa shape index (κ2) is 9.33. The lowest BCUT2D eigenvalue weighted by molar-refractivity contribution is -0.275. The Bertz CT molecular complexity index is 1050. The van der Waals surface area contributed by atoms with Crippen LogP contribution in [0.2, 0.25) is 0 Å². The van der Waals surface area contributed by atoms with Crippen molar-refractivity contribution in [3.63, 3.8) is 0 Å². The summed E-state index contributed by atoms with van der Waals surface area (Å²) in [7, 11) is 1.41. The van der Waals surface area contributed by atoms with Crippen molar-refractivity contribution in [2.45, 2.75) is 12.9 Å². The number of benzene rings is 2. The van der Waals surface area contributed by atoms with Crippen molar-refractivity contribution >= 4 is 11.8 Å². The maximum atomic E-state index is 12.5. The van der Waals surface area contributed by atoms with Crippen LogP contribution in [-0.2, 0) is 11.3 Å². The van der Waals surface area contributed by atoms with E-state index in [0.717, 1.165) is 11.6 Å². The van der Waals surface area contributed by atoms with Gasteiger partial charge in [-0.15, -0.1) is 13.2 Å². The van der Waals surface area contributed by atoms with Crippen molar-refractivity contribution in [1.82, 2.24) is 15.4 Å². The lowest BCUT2D eigenvalue weighted by Crippen LogP contribution is -2.38. The SMILES string of the molecule is CN(Cc1ccccc1OC(F)(F)F)C(=O)CNC(=O)c1cc(-c2ccccc2)on1. The summed E-state index contributed by atoms with van der Waals surface area (Å²) in [4.78, 5) is 25.7. The summed E-state index contributed by atoms with van der Waals surface area (Å²) in [6.45, 7) is -0.506. The molecule has 1 heterocycles. The molecule has 0 unspecified atom stereocenters. The molecular formula is C21H18F3N3O4. The summed E-state index contributed by atoms with van der Waals surface area (Å²) in [6.07, 6.45) is -4.84. The number of aromatic nitrogens is 1. The number of hydrogen-bond acceptors (Lipinski definition) is 5. The van der Waals surface area contributed by atoms with Crippen molar-refractivity contribution in [2.24, 2.45) is 0 Å². The maximum absolute atomic E-state index is 12.5. The Balaban J connectivity index is 1.56. The molecule has 0 aliphatic rings. The molecular weight excluding hydrogens is 415 g/mol. The number of hydrogen-bond donors (Lipinski definition) is 1. The molecule has 0 atom stereocenters. The molecule has 0 radical (unpaired) electrons. The fourth-order valence-electron chi connectivity index (χ4n) is 2.70. The third-order valence-electron chi connectivity index (χ3n) is 4.23. The lowest BCUT2D eigenvalue weighted by atomic mass is 10.1. The van der Waals surface area contributed by atoms with E-state index in [-0.39, 0.29) is 24.3 Å². The quantitative estimate of drug-likeness (QED) is 0.615. The Morgan fingerprint density at radius 3 is 2.48 bits per heavy atom. The highest BCUT2D eigenvalue weighted by Gasteiger charge is 2.32. The molecule has 2 amide bonds. The molecule has 2 aromatic carbocycles. The fraction of sp³-hybridized carbons (Fsp3) is 0.190. The molecule has 0 bridgehead atoms. The number of carbonyl (C=O) groups is 2. The van der Waals surface area contributed by atoms with Crippen LogP contribution in [0.3, 0.4) is 0 Å². The topological polar surface area (TPSA) is 84.7 Å². The number of alkyl halides is 3. The highest BCUT2D eigenvalue weighted by Crippen LogP contribution is 2.27. The van der Waals surface area contributed by atoms with Crippen LogP contribution >= 0.6 is 0 Å². The third-order valence-corrected chi connectivity index (χ3v) is 4.23. The minimum Gasteiger partial charge on any atom is -0.405 e. The first-order valence-electron chi connectivity index (χ1n) is 9.11. The predicted octanol–water partition coefficient (Wildman–Crippen LogP) is 3.63. The zero-order chi connectivity index (χ0) is 22.4. The van der Waals surface area contributed by atoms with Crippen LogP contribution < -0.4 is 10.1 Å². The summed E-state index contributed by atoms with van der Waals surface area (Å²) in [5.41, 5.74) is 0.911. The molecule has 1 N–H and O–H groups in total. The zero-order valence-corrected chi connectivity index (χ0v) is 16.3. The summed E-state index contributed by atoms with van der Waals surface area (Å²) in [5, 5.41) is 6.11. The summed E-state index contributed by atoms with van der Waals surface area (Å²) in [6, 6.07) is 16.0. The highest BCUT2D eigenvalue weighted by molar-refractivity contribution is 5.95. The summed E-state index contributed by atoms with van der Waals surface area (Å²) < 4.78 is 46.7. The largest absolute Gasteiger partial charge is 0.573 e. The first-order valence-corrected chi connectivity index (χ1v) is 9.11. The minimum absolute atomic E-state index is 0.00164. The Hall–Kier alpha value is -3.82. The predicted molar refractivity (Wildman–Crippen MR) is 104 cm³/mol. The van der Waals surface area contributed by atoms with Crippen LogP contribution in [0.4, 0.5) is 13.2 Å². The van der Waals surface area contributed by atoms with Crippen molar-refractivity contribution in [1.29, 1.82) is 0 Å². The van der Waals surface area contributed by atoms with Crippen molar-refractivity contribution in [3.05, 3.63) is 71.9 Å². The molecule has 0 aliphatic heterocycles. The van der Waals surface area contributed by atoms with Gasteiger partial charge < -0.3 is 19.5 Å². The number of rotatable bonds is 7. The molecule has 0 fully saturated rings. The van der Waals surface area contributed by atoms with Gasteiger partial charge in [0.15, 0.2) is 11.5 Å². The van der Waals surface area contributed by atoms with Gasteiger partial charge in [0.25, 0.3) is 5.91 Å². The van der Waals surface area contributed by atoms with Gasteiger partial charge in [-0.25, -0.2) is 0 Å². The van der Waals surface area contributed by atoms with Crippen LogP contribution in [-0.4, -0.2) is 41.8 Å². The second-order valence-electron chi connectivity index (χ2n) is 6.53. The van der Waals surface area contributed by atoms with Crippen molar-refractivity contribution in [3.8, 4) is 17.1 Å². The summed E-state index contributed by atoms with van der Waals surface area (Å²) >= 11 is 0. The number of para-hydroxylation sites is 1. The Morgan fingerprint density at radius 1 is 1.10 bits per heavy atom. The lowest BCUT2D eigenvalue weighted by Gasteiger charge is -2.20. The molecule has 3 rings (SSSR count). The Kier molecular flexibility index (Phi) is 6.58. The highest BCUT2D eigenvalue weighted by atomic mass is 19.4. The molecule has 0 saturated heterocycles. The van der Waals surface area contributed by atoms with E-state index in [4.69, 9.17) is 4.52 Å². The molecule has 1 aromatic heterocycles. The second-order valence-corrected chi connectivity index (χ2v) is 6.53. The monoisotopic (exact) mass is 433 g/mol.